The SMILES string of the molecule is CN(C)[C@@H](C(=O)NCC(=O)NC1CC1)c1ccc(F)cc1. The van der Waals surface area contributed by atoms with Crippen molar-refractivity contribution in [1.82, 2.24) is 15.5 Å². The molecule has 1 aliphatic rings. The highest BCUT2D eigenvalue weighted by atomic mass is 19.1. The Balaban J connectivity index is 1.95. The fourth-order valence-corrected chi connectivity index (χ4v) is 2.10. The predicted molar refractivity (Wildman–Crippen MR) is 77.0 cm³/mol. The second-order valence-corrected chi connectivity index (χ2v) is 5.48. The van der Waals surface area contributed by atoms with Gasteiger partial charge in [0, 0.05) is 6.04 Å². The topological polar surface area (TPSA) is 61.4 Å². The van der Waals surface area contributed by atoms with Gasteiger partial charge in [-0.15, -0.1) is 0 Å². The van der Waals surface area contributed by atoms with Crippen LogP contribution in [0.5, 0.6) is 0 Å². The van der Waals surface area contributed by atoms with E-state index in [1.54, 1.807) is 31.1 Å². The first-order chi connectivity index (χ1) is 9.97. The summed E-state index contributed by atoms with van der Waals surface area (Å²) >= 11 is 0. The number of hydrogen-bond donors (Lipinski definition) is 2. The van der Waals surface area contributed by atoms with E-state index >= 15 is 0 Å². The summed E-state index contributed by atoms with van der Waals surface area (Å²) in [7, 11) is 3.52. The molecule has 1 aromatic rings. The summed E-state index contributed by atoms with van der Waals surface area (Å²) in [6, 6.07) is 5.50. The van der Waals surface area contributed by atoms with Crippen molar-refractivity contribution in [3.05, 3.63) is 35.6 Å². The summed E-state index contributed by atoms with van der Waals surface area (Å²) < 4.78 is 13.0. The van der Waals surface area contributed by atoms with Gasteiger partial charge >= 0.3 is 0 Å². The van der Waals surface area contributed by atoms with Gasteiger partial charge in [-0.1, -0.05) is 12.1 Å². The summed E-state index contributed by atoms with van der Waals surface area (Å²) in [5.41, 5.74) is 0.682. The van der Waals surface area contributed by atoms with Crippen molar-refractivity contribution < 1.29 is 14.0 Å². The number of likely N-dealkylation sites (N-methyl/N-ethyl adjacent to an activating group) is 1. The Morgan fingerprint density at radius 3 is 2.43 bits per heavy atom. The molecule has 2 N–H and O–H groups in total. The van der Waals surface area contributed by atoms with Crippen molar-refractivity contribution in [2.24, 2.45) is 0 Å². The molecule has 0 heterocycles. The first-order valence-corrected chi connectivity index (χ1v) is 6.96. The molecular weight excluding hydrogens is 273 g/mol. The lowest BCUT2D eigenvalue weighted by atomic mass is 10.1. The summed E-state index contributed by atoms with van der Waals surface area (Å²) in [5, 5.41) is 5.43. The van der Waals surface area contributed by atoms with Crippen molar-refractivity contribution in [2.45, 2.75) is 24.9 Å². The molecule has 0 saturated heterocycles. The lowest BCUT2D eigenvalue weighted by Gasteiger charge is -2.23. The Hall–Kier alpha value is -1.95. The van der Waals surface area contributed by atoms with Gasteiger partial charge < -0.3 is 10.6 Å². The zero-order chi connectivity index (χ0) is 15.4. The first-order valence-electron chi connectivity index (χ1n) is 6.96. The van der Waals surface area contributed by atoms with Crippen molar-refractivity contribution in [1.29, 1.82) is 0 Å². The predicted octanol–water partition coefficient (Wildman–Crippen LogP) is 0.823. The summed E-state index contributed by atoms with van der Waals surface area (Å²) in [6.45, 7) is -0.0408. The maximum atomic E-state index is 13.0. The summed E-state index contributed by atoms with van der Waals surface area (Å²) in [4.78, 5) is 25.6. The fourth-order valence-electron chi connectivity index (χ4n) is 2.10. The van der Waals surface area contributed by atoms with Crippen LogP contribution in [-0.2, 0) is 9.59 Å². The average Bonchev–Trinajstić information content (AvgIpc) is 3.22. The quantitative estimate of drug-likeness (QED) is 0.816. The van der Waals surface area contributed by atoms with E-state index in [0.29, 0.717) is 5.56 Å². The second kappa shape index (κ2) is 6.67. The summed E-state index contributed by atoms with van der Waals surface area (Å²) in [6.07, 6.45) is 2.02. The minimum Gasteiger partial charge on any atom is -0.352 e. The highest BCUT2D eigenvalue weighted by molar-refractivity contribution is 5.88. The number of carbonyl (C=O) groups is 2. The number of amides is 2. The molecule has 1 fully saturated rings. The number of halogens is 1. The van der Waals surface area contributed by atoms with Gasteiger partial charge in [0.05, 0.1) is 6.54 Å². The number of carbonyl (C=O) groups excluding carboxylic acids is 2. The van der Waals surface area contributed by atoms with Crippen LogP contribution < -0.4 is 10.6 Å². The first kappa shape index (κ1) is 15.4. The van der Waals surface area contributed by atoms with Crippen LogP contribution in [0.15, 0.2) is 24.3 Å². The van der Waals surface area contributed by atoms with E-state index in [-0.39, 0.29) is 30.2 Å². The monoisotopic (exact) mass is 293 g/mol. The molecule has 0 aromatic heterocycles. The van der Waals surface area contributed by atoms with E-state index in [2.05, 4.69) is 10.6 Å². The number of nitrogens with zero attached hydrogens (tertiary/aromatic N) is 1. The largest absolute Gasteiger partial charge is 0.352 e. The lowest BCUT2D eigenvalue weighted by Crippen LogP contribution is -2.42. The van der Waals surface area contributed by atoms with E-state index in [4.69, 9.17) is 0 Å². The van der Waals surface area contributed by atoms with Crippen LogP contribution >= 0.6 is 0 Å². The molecule has 21 heavy (non-hydrogen) atoms. The van der Waals surface area contributed by atoms with Crippen LogP contribution in [0.1, 0.15) is 24.4 Å². The van der Waals surface area contributed by atoms with Gasteiger partial charge in [0.1, 0.15) is 11.9 Å². The standard InChI is InChI=1S/C15H20FN3O2/c1-19(2)14(10-3-5-11(16)6-4-10)15(21)17-9-13(20)18-12-7-8-12/h3-6,12,14H,7-9H2,1-2H3,(H,17,21)(H,18,20)/t14-/m1/s1. The van der Waals surface area contributed by atoms with Gasteiger partial charge in [0.15, 0.2) is 0 Å². The molecule has 1 aliphatic carbocycles. The van der Waals surface area contributed by atoms with Crippen molar-refractivity contribution >= 4 is 11.8 Å². The maximum Gasteiger partial charge on any atom is 0.242 e. The fraction of sp³-hybridized carbons (Fsp3) is 0.467. The van der Waals surface area contributed by atoms with Gasteiger partial charge in [-0.05, 0) is 44.6 Å². The molecule has 114 valence electrons. The molecule has 5 nitrogen and oxygen atoms in total. The molecule has 0 unspecified atom stereocenters. The van der Waals surface area contributed by atoms with E-state index in [1.165, 1.54) is 12.1 Å². The van der Waals surface area contributed by atoms with Gasteiger partial charge in [-0.3, -0.25) is 14.5 Å². The van der Waals surface area contributed by atoms with Crippen LogP contribution in [0.3, 0.4) is 0 Å². The Labute approximate surface area is 123 Å². The van der Waals surface area contributed by atoms with Crippen molar-refractivity contribution in [2.75, 3.05) is 20.6 Å². The Morgan fingerprint density at radius 1 is 1.29 bits per heavy atom. The van der Waals surface area contributed by atoms with Crippen LogP contribution in [-0.4, -0.2) is 43.4 Å². The number of hydrogen-bond acceptors (Lipinski definition) is 3. The summed E-state index contributed by atoms with van der Waals surface area (Å²) in [5.74, 6) is -0.805. The van der Waals surface area contributed by atoms with Crippen molar-refractivity contribution in [3.8, 4) is 0 Å². The van der Waals surface area contributed by atoms with Gasteiger partial charge in [-0.25, -0.2) is 4.39 Å². The number of nitrogens with one attached hydrogen (secondary N) is 2. The third-order valence-corrected chi connectivity index (χ3v) is 3.32. The van der Waals surface area contributed by atoms with E-state index in [1.807, 2.05) is 0 Å². The van der Waals surface area contributed by atoms with Crippen LogP contribution in [0, 0.1) is 5.82 Å². The van der Waals surface area contributed by atoms with Gasteiger partial charge in [-0.2, -0.15) is 0 Å². The van der Waals surface area contributed by atoms with E-state index < -0.39 is 6.04 Å². The van der Waals surface area contributed by atoms with E-state index in [0.717, 1.165) is 12.8 Å². The molecule has 2 rings (SSSR count). The molecule has 1 atom stereocenters. The lowest BCUT2D eigenvalue weighted by molar-refractivity contribution is -0.129. The smallest absolute Gasteiger partial charge is 0.242 e. The zero-order valence-electron chi connectivity index (χ0n) is 12.2. The molecule has 6 heteroatoms. The normalized spacial score (nSPS) is 15.6. The molecule has 0 spiro atoms. The highest BCUT2D eigenvalue weighted by Crippen LogP contribution is 2.19. The Bertz CT molecular complexity index is 512. The van der Waals surface area contributed by atoms with Gasteiger partial charge in [0.25, 0.3) is 0 Å². The molecule has 0 radical (unpaired) electrons. The van der Waals surface area contributed by atoms with Gasteiger partial charge in [0.2, 0.25) is 11.8 Å². The van der Waals surface area contributed by atoms with Crippen LogP contribution in [0.2, 0.25) is 0 Å². The highest BCUT2D eigenvalue weighted by Gasteiger charge is 2.25. The molecule has 0 aliphatic heterocycles. The third-order valence-electron chi connectivity index (χ3n) is 3.32. The number of rotatable bonds is 6. The Kier molecular flexibility index (Phi) is 4.90. The Morgan fingerprint density at radius 2 is 1.90 bits per heavy atom. The minimum atomic E-state index is -0.556. The molecular formula is C15H20FN3O2. The minimum absolute atomic E-state index is 0.0408. The second-order valence-electron chi connectivity index (χ2n) is 5.48. The molecule has 0 bridgehead atoms. The van der Waals surface area contributed by atoms with Crippen LogP contribution in [0.4, 0.5) is 4.39 Å². The maximum absolute atomic E-state index is 13.0. The van der Waals surface area contributed by atoms with Crippen molar-refractivity contribution in [3.63, 3.8) is 0 Å². The molecule has 1 saturated carbocycles. The van der Waals surface area contributed by atoms with Crippen LogP contribution in [0.25, 0.3) is 0 Å². The third kappa shape index (κ3) is 4.53. The number of benzene rings is 1. The molecule has 2 amide bonds. The molecule has 1 aromatic carbocycles. The average molecular weight is 293 g/mol. The van der Waals surface area contributed by atoms with E-state index in [9.17, 15) is 14.0 Å². The zero-order valence-corrected chi connectivity index (χ0v) is 12.2.